The first-order valence-corrected chi connectivity index (χ1v) is 4.59. The Labute approximate surface area is 79.4 Å². The first-order valence-electron chi connectivity index (χ1n) is 4.59. The number of ether oxygens (including phenoxy) is 1. The number of aliphatic hydroxyl groups is 1. The molecule has 0 aromatic carbocycles. The zero-order valence-electron chi connectivity index (χ0n) is 8.16. The van der Waals surface area contributed by atoms with Crippen molar-refractivity contribution in [2.75, 3.05) is 7.11 Å². The fourth-order valence-electron chi connectivity index (χ4n) is 1.16. The highest BCUT2D eigenvalue weighted by atomic mass is 16.5. The number of rotatable bonds is 1. The highest BCUT2D eigenvalue weighted by Crippen LogP contribution is 2.16. The number of carbonyl (C=O) groups is 1. The van der Waals surface area contributed by atoms with Crippen LogP contribution in [0.2, 0.25) is 0 Å². The van der Waals surface area contributed by atoms with Crippen LogP contribution in [0.25, 0.3) is 0 Å². The Morgan fingerprint density at radius 2 is 2.00 bits per heavy atom. The number of hydrogen-bond donors (Lipinski definition) is 1. The lowest BCUT2D eigenvalue weighted by Gasteiger charge is -2.14. The van der Waals surface area contributed by atoms with Crippen LogP contribution in [-0.2, 0) is 9.53 Å². The van der Waals surface area contributed by atoms with Gasteiger partial charge in [-0.25, -0.2) is 4.79 Å². The van der Waals surface area contributed by atoms with Gasteiger partial charge in [-0.1, -0.05) is 25.8 Å². The van der Waals surface area contributed by atoms with Gasteiger partial charge in [0.1, 0.15) is 0 Å². The molecule has 0 spiro atoms. The maximum absolute atomic E-state index is 9.84. The number of hydrogen-bond acceptors (Lipinski definition) is 3. The minimum Gasteiger partial charge on any atom is -0.466 e. The molecule has 1 rings (SSSR count). The van der Waals surface area contributed by atoms with E-state index in [0.29, 0.717) is 0 Å². The van der Waals surface area contributed by atoms with E-state index in [9.17, 15) is 4.79 Å². The molecule has 3 heteroatoms. The fourth-order valence-corrected chi connectivity index (χ4v) is 1.16. The van der Waals surface area contributed by atoms with Crippen molar-refractivity contribution in [3.8, 4) is 0 Å². The summed E-state index contributed by atoms with van der Waals surface area (Å²) < 4.78 is 4.14. The number of esters is 1. The van der Waals surface area contributed by atoms with Gasteiger partial charge in [0.25, 0.3) is 0 Å². The molecule has 1 aliphatic carbocycles. The maximum atomic E-state index is 9.84. The highest BCUT2D eigenvalue weighted by molar-refractivity contribution is 5.80. The van der Waals surface area contributed by atoms with Crippen molar-refractivity contribution >= 4 is 5.97 Å². The van der Waals surface area contributed by atoms with Crippen molar-refractivity contribution in [2.45, 2.75) is 38.2 Å². The molecule has 1 fully saturated rings. The predicted octanol–water partition coefficient (Wildman–Crippen LogP) is 1.66. The van der Waals surface area contributed by atoms with Gasteiger partial charge in [0.05, 0.1) is 13.2 Å². The van der Waals surface area contributed by atoms with Crippen molar-refractivity contribution < 1.29 is 14.6 Å². The topological polar surface area (TPSA) is 46.5 Å². The molecule has 0 heterocycles. The lowest BCUT2D eigenvalue weighted by Crippen LogP contribution is -2.09. The van der Waals surface area contributed by atoms with Crippen LogP contribution < -0.4 is 0 Å². The Kier molecular flexibility index (Phi) is 7.30. The van der Waals surface area contributed by atoms with E-state index in [4.69, 9.17) is 5.11 Å². The Morgan fingerprint density at radius 3 is 2.15 bits per heavy atom. The second-order valence-corrected chi connectivity index (χ2v) is 3.02. The average Bonchev–Trinajstić information content (AvgIpc) is 2.19. The second-order valence-electron chi connectivity index (χ2n) is 3.02. The molecule has 0 aliphatic heterocycles. The molecule has 0 amide bonds. The molecular weight excluding hydrogens is 168 g/mol. The van der Waals surface area contributed by atoms with Gasteiger partial charge in [0.2, 0.25) is 0 Å². The van der Waals surface area contributed by atoms with Crippen molar-refractivity contribution in [1.29, 1.82) is 0 Å². The van der Waals surface area contributed by atoms with Crippen molar-refractivity contribution in [3.63, 3.8) is 0 Å². The summed E-state index contributed by atoms with van der Waals surface area (Å²) in [6.45, 7) is 3.16. The maximum Gasteiger partial charge on any atom is 0.329 e. The molecule has 13 heavy (non-hydrogen) atoms. The lowest BCUT2D eigenvalue weighted by atomic mass is 9.98. The molecule has 0 aromatic heterocycles. The van der Waals surface area contributed by atoms with E-state index < -0.39 is 5.97 Å². The van der Waals surface area contributed by atoms with E-state index in [0.717, 1.165) is 18.9 Å². The fraction of sp³-hybridized carbons (Fsp3) is 0.700. The normalized spacial score (nSPS) is 16.8. The van der Waals surface area contributed by atoms with Crippen LogP contribution in [0.15, 0.2) is 12.7 Å². The van der Waals surface area contributed by atoms with Gasteiger partial charge in [0.15, 0.2) is 0 Å². The number of carbonyl (C=O) groups excluding carboxylic acids is 1. The smallest absolute Gasteiger partial charge is 0.329 e. The van der Waals surface area contributed by atoms with Gasteiger partial charge in [-0.2, -0.15) is 0 Å². The summed E-state index contributed by atoms with van der Waals surface area (Å²) in [5, 5.41) is 8.91. The molecule has 76 valence electrons. The monoisotopic (exact) mass is 186 g/mol. The third kappa shape index (κ3) is 7.53. The molecule has 0 aromatic rings. The molecule has 0 atom stereocenters. The molecule has 1 saturated carbocycles. The lowest BCUT2D eigenvalue weighted by molar-refractivity contribution is -0.134. The van der Waals surface area contributed by atoms with E-state index in [-0.39, 0.29) is 6.10 Å². The van der Waals surface area contributed by atoms with Crippen LogP contribution in [0.5, 0.6) is 0 Å². The summed E-state index contributed by atoms with van der Waals surface area (Å²) >= 11 is 0. The minimum absolute atomic E-state index is 0.0359. The molecular formula is C10H18O3. The van der Waals surface area contributed by atoms with Gasteiger partial charge in [0, 0.05) is 6.08 Å². The molecule has 0 unspecified atom stereocenters. The summed E-state index contributed by atoms with van der Waals surface area (Å²) in [4.78, 5) is 9.84. The number of methoxy groups -OCH3 is 1. The van der Waals surface area contributed by atoms with Crippen molar-refractivity contribution in [1.82, 2.24) is 0 Å². The van der Waals surface area contributed by atoms with Gasteiger partial charge < -0.3 is 9.84 Å². The predicted molar refractivity (Wildman–Crippen MR) is 51.3 cm³/mol. The molecule has 0 radical (unpaired) electrons. The van der Waals surface area contributed by atoms with Crippen LogP contribution >= 0.6 is 0 Å². The zero-order chi connectivity index (χ0) is 10.1. The van der Waals surface area contributed by atoms with Crippen molar-refractivity contribution in [3.05, 3.63) is 12.7 Å². The average molecular weight is 186 g/mol. The van der Waals surface area contributed by atoms with Gasteiger partial charge in [-0.05, 0) is 12.8 Å². The standard InChI is InChI=1S/C6H12O.C4H6O2/c7-6-4-2-1-3-5-6;1-3-4(5)6-2/h6-7H,1-5H2;3H,1H2,2H3. The summed E-state index contributed by atoms with van der Waals surface area (Å²) in [5.74, 6) is -0.394. The van der Waals surface area contributed by atoms with Crippen LogP contribution in [-0.4, -0.2) is 24.3 Å². The third-order valence-corrected chi connectivity index (χ3v) is 1.94. The quantitative estimate of drug-likeness (QED) is 0.500. The van der Waals surface area contributed by atoms with Crippen LogP contribution in [0.3, 0.4) is 0 Å². The van der Waals surface area contributed by atoms with Crippen LogP contribution in [0, 0.1) is 0 Å². The Morgan fingerprint density at radius 1 is 1.46 bits per heavy atom. The van der Waals surface area contributed by atoms with E-state index in [1.807, 2.05) is 0 Å². The summed E-state index contributed by atoms with van der Waals surface area (Å²) in [6.07, 6.45) is 7.04. The zero-order valence-corrected chi connectivity index (χ0v) is 8.16. The third-order valence-electron chi connectivity index (χ3n) is 1.94. The molecule has 0 saturated heterocycles. The number of aliphatic hydroxyl groups excluding tert-OH is 1. The second kappa shape index (κ2) is 7.80. The van der Waals surface area contributed by atoms with E-state index >= 15 is 0 Å². The SMILES string of the molecule is C=CC(=O)OC.OC1CCCCC1. The van der Waals surface area contributed by atoms with E-state index in [1.54, 1.807) is 0 Å². The van der Waals surface area contributed by atoms with E-state index in [2.05, 4.69) is 11.3 Å². The summed E-state index contributed by atoms with van der Waals surface area (Å²) in [7, 11) is 1.31. The van der Waals surface area contributed by atoms with Crippen LogP contribution in [0.4, 0.5) is 0 Å². The largest absolute Gasteiger partial charge is 0.466 e. The van der Waals surface area contributed by atoms with Gasteiger partial charge in [-0.15, -0.1) is 0 Å². The molecule has 1 N–H and O–H groups in total. The highest BCUT2D eigenvalue weighted by Gasteiger charge is 2.07. The Bertz CT molecular complexity index is 148. The van der Waals surface area contributed by atoms with Crippen molar-refractivity contribution in [2.24, 2.45) is 0 Å². The van der Waals surface area contributed by atoms with E-state index in [1.165, 1.54) is 26.4 Å². The summed E-state index contributed by atoms with van der Waals surface area (Å²) in [6, 6.07) is 0. The Hall–Kier alpha value is -0.830. The van der Waals surface area contributed by atoms with Gasteiger partial charge in [-0.3, -0.25) is 0 Å². The minimum atomic E-state index is -0.394. The molecule has 3 nitrogen and oxygen atoms in total. The molecule has 0 bridgehead atoms. The van der Waals surface area contributed by atoms with Gasteiger partial charge >= 0.3 is 5.97 Å². The summed E-state index contributed by atoms with van der Waals surface area (Å²) in [5.41, 5.74) is 0. The Balaban J connectivity index is 0.000000226. The van der Waals surface area contributed by atoms with Crippen LogP contribution in [0.1, 0.15) is 32.1 Å². The molecule has 1 aliphatic rings. The first-order chi connectivity index (χ1) is 6.20. The first kappa shape index (κ1) is 12.2.